The van der Waals surface area contributed by atoms with Crippen molar-refractivity contribution in [1.82, 2.24) is 20.4 Å². The quantitative estimate of drug-likeness (QED) is 0.170. The first-order valence-electron chi connectivity index (χ1n) is 22.2. The number of carbonyl (C=O) groups is 6. The van der Waals surface area contributed by atoms with Crippen LogP contribution < -0.4 is 10.6 Å². The molecule has 6 rings (SSSR count). The van der Waals surface area contributed by atoms with Gasteiger partial charge in [0.15, 0.2) is 11.6 Å². The first kappa shape index (κ1) is 42.0. The minimum atomic E-state index is -0.931. The zero-order chi connectivity index (χ0) is 40.1. The third kappa shape index (κ3) is 7.84. The maximum Gasteiger partial charge on any atom is 0.246 e. The first-order valence-corrected chi connectivity index (χ1v) is 22.2. The predicted octanol–water partition coefficient (Wildman–Crippen LogP) is 6.57. The number of Topliss-reactive ketones (excluding diaryl/α,β-unsaturated/α-hetero) is 3. The summed E-state index contributed by atoms with van der Waals surface area (Å²) in [6, 6.07) is -2.47. The number of nitrogens with zero attached hydrogens (tertiary/aromatic N) is 2. The normalized spacial score (nSPS) is 29.1. The van der Waals surface area contributed by atoms with Crippen LogP contribution in [-0.2, 0) is 28.8 Å². The third-order valence-electron chi connectivity index (χ3n) is 15.7. The molecule has 308 valence electrons. The van der Waals surface area contributed by atoms with Gasteiger partial charge in [0.1, 0.15) is 12.1 Å². The Morgan fingerprint density at radius 3 is 2.04 bits per heavy atom. The molecule has 2 saturated heterocycles. The molecule has 0 bridgehead atoms. The van der Waals surface area contributed by atoms with Crippen molar-refractivity contribution in [2.45, 2.75) is 195 Å². The van der Waals surface area contributed by atoms with Crippen LogP contribution in [0.1, 0.15) is 165 Å². The van der Waals surface area contributed by atoms with Crippen molar-refractivity contribution in [3.8, 4) is 0 Å². The van der Waals surface area contributed by atoms with Gasteiger partial charge in [-0.2, -0.15) is 0 Å². The van der Waals surface area contributed by atoms with Gasteiger partial charge >= 0.3 is 0 Å². The molecule has 2 N–H and O–H groups in total. The monoisotopic (exact) mass is 765 g/mol. The summed E-state index contributed by atoms with van der Waals surface area (Å²) >= 11 is 0. The molecular weight excluding hydrogens is 693 g/mol. The molecule has 2 spiro atoms. The highest BCUT2D eigenvalue weighted by atomic mass is 16.2. The average Bonchev–Trinajstić information content (AvgIpc) is 3.78. The number of rotatable bonds is 16. The van der Waals surface area contributed by atoms with Crippen LogP contribution in [-0.4, -0.2) is 88.2 Å². The standard InChI is InChI=1S/C45H72N4O6/c1-9-15-31(37(52)35(51)24-29-19-20-29)25-34(50)33-26-45(43(7,8)44(45)21-14-22-44)27-49(33)41(55)38(42(4,5)6)47-40(54)36(30-16-11-10-12-17-30)46-39(53)32-18-13-23-48(32)28(2)3/h28-33,36,38H,9-27H2,1-8H3,(H,46,53)(H,47,54)/t31-,32+,33?,36+,38-,45-/m1/s1. The van der Waals surface area contributed by atoms with Crippen molar-refractivity contribution >= 4 is 35.1 Å². The van der Waals surface area contributed by atoms with Gasteiger partial charge in [-0.25, -0.2) is 0 Å². The highest BCUT2D eigenvalue weighted by Crippen LogP contribution is 2.88. The maximum absolute atomic E-state index is 15.2. The number of amides is 3. The lowest BCUT2D eigenvalue weighted by atomic mass is 9.73. The number of hydrogen-bond donors (Lipinski definition) is 2. The summed E-state index contributed by atoms with van der Waals surface area (Å²) in [6.07, 6.45) is 13.7. The third-order valence-corrected chi connectivity index (χ3v) is 15.7. The van der Waals surface area contributed by atoms with E-state index in [1.807, 2.05) is 27.7 Å². The minimum absolute atomic E-state index is 0.0203. The summed E-state index contributed by atoms with van der Waals surface area (Å²) < 4.78 is 0. The van der Waals surface area contributed by atoms with Crippen LogP contribution in [0.25, 0.3) is 0 Å². The summed E-state index contributed by atoms with van der Waals surface area (Å²) in [5.74, 6) is -2.06. The zero-order valence-electron chi connectivity index (χ0n) is 35.4. The maximum atomic E-state index is 15.2. The van der Waals surface area contributed by atoms with Gasteiger partial charge in [0, 0.05) is 36.8 Å². The Balaban J connectivity index is 1.26. The van der Waals surface area contributed by atoms with Gasteiger partial charge in [0.25, 0.3) is 0 Å². The fraction of sp³-hybridized carbons (Fsp3) is 0.867. The molecule has 6 atom stereocenters. The SMILES string of the molecule is CCC[C@H](CC(=O)C1C[C@@]2(CN1C(=O)[C@@H](NC(=O)[C@@H](NC(=O)[C@@H]1CCCN1C(C)C)C1CCCCC1)C(C)(C)C)C(C)(C)C21CCC1)C(=O)C(=O)CC1CC1. The molecule has 2 heterocycles. The molecule has 55 heavy (non-hydrogen) atoms. The molecule has 10 heteroatoms. The number of nitrogens with one attached hydrogen (secondary N) is 2. The Morgan fingerprint density at radius 1 is 0.818 bits per heavy atom. The van der Waals surface area contributed by atoms with E-state index in [4.69, 9.17) is 0 Å². The number of ketones is 3. The van der Waals surface area contributed by atoms with Crippen molar-refractivity contribution in [2.75, 3.05) is 13.1 Å². The van der Waals surface area contributed by atoms with Gasteiger partial charge in [-0.15, -0.1) is 0 Å². The van der Waals surface area contributed by atoms with Crippen molar-refractivity contribution in [3.05, 3.63) is 0 Å². The Morgan fingerprint density at radius 2 is 1.49 bits per heavy atom. The molecule has 0 aromatic carbocycles. The lowest BCUT2D eigenvalue weighted by Gasteiger charge is -2.38. The van der Waals surface area contributed by atoms with Crippen LogP contribution in [0.5, 0.6) is 0 Å². The number of fused-ring (bicyclic) bond motifs is 1. The van der Waals surface area contributed by atoms with Crippen LogP contribution in [0.15, 0.2) is 0 Å². The smallest absolute Gasteiger partial charge is 0.246 e. The highest BCUT2D eigenvalue weighted by molar-refractivity contribution is 6.38. The number of hydrogen-bond acceptors (Lipinski definition) is 7. The summed E-state index contributed by atoms with van der Waals surface area (Å²) in [6.45, 7) is 17.9. The van der Waals surface area contributed by atoms with E-state index < -0.39 is 35.2 Å². The van der Waals surface area contributed by atoms with Crippen LogP contribution >= 0.6 is 0 Å². The molecule has 1 unspecified atom stereocenters. The molecule has 3 amide bonds. The second kappa shape index (κ2) is 16.0. The summed E-state index contributed by atoms with van der Waals surface area (Å²) in [5.41, 5.74) is -0.881. The number of carbonyl (C=O) groups excluding carboxylic acids is 6. The molecule has 6 aliphatic rings. The van der Waals surface area contributed by atoms with Crippen LogP contribution in [0.2, 0.25) is 0 Å². The Bertz CT molecular complexity index is 1500. The van der Waals surface area contributed by atoms with Crippen molar-refractivity contribution in [2.24, 2.45) is 39.4 Å². The molecule has 0 aromatic rings. The van der Waals surface area contributed by atoms with Crippen LogP contribution in [0.3, 0.4) is 0 Å². The Kier molecular flexibility index (Phi) is 12.2. The molecule has 10 nitrogen and oxygen atoms in total. The second-order valence-corrected chi connectivity index (χ2v) is 20.6. The van der Waals surface area contributed by atoms with Crippen molar-refractivity contribution < 1.29 is 28.8 Å². The average molecular weight is 765 g/mol. The zero-order valence-corrected chi connectivity index (χ0v) is 35.4. The lowest BCUT2D eigenvalue weighted by molar-refractivity contribution is -0.145. The first-order chi connectivity index (χ1) is 25.9. The van der Waals surface area contributed by atoms with Gasteiger partial charge < -0.3 is 15.5 Å². The fourth-order valence-electron chi connectivity index (χ4n) is 11.9. The van der Waals surface area contributed by atoms with Gasteiger partial charge in [-0.05, 0) is 113 Å². The fourth-order valence-corrected chi connectivity index (χ4v) is 11.9. The van der Waals surface area contributed by atoms with Crippen LogP contribution in [0, 0.1) is 39.4 Å². The molecule has 0 radical (unpaired) electrons. The van der Waals surface area contributed by atoms with Gasteiger partial charge in [0.05, 0.1) is 12.1 Å². The van der Waals surface area contributed by atoms with E-state index >= 15 is 4.79 Å². The van der Waals surface area contributed by atoms with E-state index in [9.17, 15) is 24.0 Å². The van der Waals surface area contributed by atoms with Crippen LogP contribution in [0.4, 0.5) is 0 Å². The Hall–Kier alpha value is -2.62. The highest BCUT2D eigenvalue weighted by Gasteiger charge is 2.85. The predicted molar refractivity (Wildman–Crippen MR) is 213 cm³/mol. The molecule has 0 aromatic heterocycles. The van der Waals surface area contributed by atoms with E-state index in [1.54, 1.807) is 4.90 Å². The minimum Gasteiger partial charge on any atom is -0.343 e. The Labute approximate surface area is 330 Å². The molecular formula is C45H72N4O6. The second-order valence-electron chi connectivity index (χ2n) is 20.6. The van der Waals surface area contributed by atoms with E-state index in [0.29, 0.717) is 31.7 Å². The molecule has 6 fully saturated rings. The molecule has 4 saturated carbocycles. The van der Waals surface area contributed by atoms with E-state index in [2.05, 4.69) is 43.2 Å². The van der Waals surface area contributed by atoms with E-state index in [0.717, 1.165) is 83.6 Å². The van der Waals surface area contributed by atoms with Gasteiger partial charge in [-0.3, -0.25) is 33.7 Å². The molecule has 4 aliphatic carbocycles. The van der Waals surface area contributed by atoms with E-state index in [1.165, 1.54) is 0 Å². The largest absolute Gasteiger partial charge is 0.343 e. The van der Waals surface area contributed by atoms with Crippen molar-refractivity contribution in [1.29, 1.82) is 0 Å². The lowest BCUT2D eigenvalue weighted by Crippen LogP contribution is -2.62. The van der Waals surface area contributed by atoms with Gasteiger partial charge in [-0.1, -0.05) is 73.6 Å². The summed E-state index contributed by atoms with van der Waals surface area (Å²) in [5, 5.41) is 6.39. The van der Waals surface area contributed by atoms with Crippen molar-refractivity contribution in [3.63, 3.8) is 0 Å². The summed E-state index contributed by atoms with van der Waals surface area (Å²) in [4.78, 5) is 88.6. The number of likely N-dealkylation sites (tertiary alicyclic amines) is 2. The topological polar surface area (TPSA) is 133 Å². The summed E-state index contributed by atoms with van der Waals surface area (Å²) in [7, 11) is 0. The van der Waals surface area contributed by atoms with Gasteiger partial charge in [0.2, 0.25) is 23.5 Å². The van der Waals surface area contributed by atoms with E-state index in [-0.39, 0.29) is 76.4 Å². The molecule has 2 aliphatic heterocycles.